The Morgan fingerprint density at radius 3 is 2.62 bits per heavy atom. The smallest absolute Gasteiger partial charge is 0.406 e. The number of halogens is 4. The molecule has 24 heavy (non-hydrogen) atoms. The van der Waals surface area contributed by atoms with E-state index < -0.39 is 6.36 Å². The van der Waals surface area contributed by atoms with Gasteiger partial charge in [-0.1, -0.05) is 34.1 Å². The first-order chi connectivity index (χ1) is 11.3. The average Bonchev–Trinajstić information content (AvgIpc) is 3.23. The molecule has 1 aliphatic carbocycles. The molecule has 0 aliphatic heterocycles. The molecule has 3 rings (SSSR count). The maximum absolute atomic E-state index is 12.4. The molecule has 1 aromatic carbocycles. The molecule has 1 saturated carbocycles. The first kappa shape index (κ1) is 17.6. The summed E-state index contributed by atoms with van der Waals surface area (Å²) in [6.45, 7) is 1.11. The van der Waals surface area contributed by atoms with Crippen LogP contribution in [-0.2, 0) is 6.54 Å². The Kier molecular flexibility index (Phi) is 5.08. The van der Waals surface area contributed by atoms with Crippen LogP contribution in [0.3, 0.4) is 0 Å². The lowest BCUT2D eigenvalue weighted by molar-refractivity contribution is -0.274. The summed E-state index contributed by atoms with van der Waals surface area (Å²) >= 11 is 6.09. The van der Waals surface area contributed by atoms with Gasteiger partial charge in [-0.2, -0.15) is 0 Å². The number of ether oxygens (including phenoxy) is 1. The molecule has 130 valence electrons. The molecule has 0 radical (unpaired) electrons. The molecule has 1 heterocycles. The average molecular weight is 396 g/mol. The Morgan fingerprint density at radius 2 is 2.04 bits per heavy atom. The van der Waals surface area contributed by atoms with Gasteiger partial charge in [-0.15, -0.1) is 13.2 Å². The van der Waals surface area contributed by atoms with Crippen LogP contribution in [0.5, 0.6) is 5.75 Å². The van der Waals surface area contributed by atoms with Gasteiger partial charge in [0.15, 0.2) is 0 Å². The second-order valence-corrected chi connectivity index (χ2v) is 8.06. The minimum Gasteiger partial charge on any atom is -0.406 e. The van der Waals surface area contributed by atoms with Crippen molar-refractivity contribution in [1.82, 2.24) is 0 Å². The van der Waals surface area contributed by atoms with Crippen molar-refractivity contribution in [2.75, 3.05) is 11.4 Å². The number of rotatable bonds is 6. The molecule has 0 saturated heterocycles. The third-order valence-corrected chi connectivity index (χ3v) is 6.34. The van der Waals surface area contributed by atoms with Gasteiger partial charge in [0.05, 0.1) is 0 Å². The minimum absolute atomic E-state index is 0.188. The predicted molar refractivity (Wildman–Crippen MR) is 90.4 cm³/mol. The quantitative estimate of drug-likeness (QED) is 0.634. The van der Waals surface area contributed by atoms with Crippen LogP contribution < -0.4 is 14.4 Å². The monoisotopic (exact) mass is 395 g/mol. The minimum atomic E-state index is -4.72. The van der Waals surface area contributed by atoms with E-state index in [0.717, 1.165) is 29.7 Å². The van der Waals surface area contributed by atoms with E-state index in [0.29, 0.717) is 23.0 Å². The van der Waals surface area contributed by atoms with Crippen LogP contribution in [0.25, 0.3) is 0 Å². The highest BCUT2D eigenvalue weighted by atomic mass is 35.5. The zero-order chi connectivity index (χ0) is 17.3. The fourth-order valence-electron chi connectivity index (χ4n) is 2.32. The maximum atomic E-state index is 12.4. The number of hydrogen-bond acceptors (Lipinski definition) is 5. The number of hydrogen-bond donors (Lipinski definition) is 0. The van der Waals surface area contributed by atoms with E-state index in [4.69, 9.17) is 11.6 Å². The van der Waals surface area contributed by atoms with Gasteiger partial charge in [0.25, 0.3) is 4.74 Å². The van der Waals surface area contributed by atoms with E-state index in [1.807, 2.05) is 4.90 Å². The lowest BCUT2D eigenvalue weighted by atomic mass is 10.2. The Bertz CT molecular complexity index is 771. The standard InChI is InChI=1S/C15H13ClF3NO2S2/c16-12-13(23-24-14(12)21)20(7-9-4-5-9)8-10-2-1-3-11(6-10)22-15(17,18)19/h1-3,6,9H,4-5,7-8H2. The predicted octanol–water partition coefficient (Wildman–Crippen LogP) is 5.14. The number of alkyl halides is 3. The van der Waals surface area contributed by atoms with Gasteiger partial charge in [-0.25, -0.2) is 0 Å². The van der Waals surface area contributed by atoms with Crippen molar-refractivity contribution < 1.29 is 17.9 Å². The molecule has 0 spiro atoms. The first-order valence-electron chi connectivity index (χ1n) is 7.20. The van der Waals surface area contributed by atoms with Crippen LogP contribution in [0.1, 0.15) is 18.4 Å². The maximum Gasteiger partial charge on any atom is 0.573 e. The van der Waals surface area contributed by atoms with Crippen molar-refractivity contribution in [1.29, 1.82) is 0 Å². The molecule has 1 aliphatic rings. The molecule has 0 atom stereocenters. The van der Waals surface area contributed by atoms with Crippen LogP contribution in [0, 0.1) is 5.92 Å². The van der Waals surface area contributed by atoms with Gasteiger partial charge in [0.1, 0.15) is 15.8 Å². The fraction of sp³-hybridized carbons (Fsp3) is 0.400. The lowest BCUT2D eigenvalue weighted by Crippen LogP contribution is -2.25. The third kappa shape index (κ3) is 4.64. The van der Waals surface area contributed by atoms with E-state index in [2.05, 4.69) is 4.74 Å². The van der Waals surface area contributed by atoms with Crippen molar-refractivity contribution in [3.63, 3.8) is 0 Å². The fourth-order valence-corrected chi connectivity index (χ4v) is 5.03. The Balaban J connectivity index is 1.81. The van der Waals surface area contributed by atoms with E-state index in [1.54, 1.807) is 6.07 Å². The Labute approximate surface area is 148 Å². The van der Waals surface area contributed by atoms with E-state index in [9.17, 15) is 18.0 Å². The summed E-state index contributed by atoms with van der Waals surface area (Å²) < 4.78 is 40.8. The molecule has 0 N–H and O–H groups in total. The number of benzene rings is 1. The summed E-state index contributed by atoms with van der Waals surface area (Å²) in [6, 6.07) is 5.87. The summed E-state index contributed by atoms with van der Waals surface area (Å²) in [4.78, 5) is 13.6. The second kappa shape index (κ2) is 6.93. The summed E-state index contributed by atoms with van der Waals surface area (Å²) in [7, 11) is 2.37. The molecule has 1 fully saturated rings. The van der Waals surface area contributed by atoms with E-state index in [-0.39, 0.29) is 15.5 Å². The second-order valence-electron chi connectivity index (χ2n) is 5.59. The highest BCUT2D eigenvalue weighted by molar-refractivity contribution is 7.70. The lowest BCUT2D eigenvalue weighted by Gasteiger charge is -2.23. The van der Waals surface area contributed by atoms with Crippen LogP contribution in [0.15, 0.2) is 29.1 Å². The topological polar surface area (TPSA) is 29.5 Å². The van der Waals surface area contributed by atoms with Crippen molar-refractivity contribution in [2.45, 2.75) is 25.7 Å². The van der Waals surface area contributed by atoms with Crippen molar-refractivity contribution in [2.24, 2.45) is 5.92 Å². The van der Waals surface area contributed by atoms with Gasteiger partial charge >= 0.3 is 6.36 Å². The summed E-state index contributed by atoms with van der Waals surface area (Å²) in [6.07, 6.45) is -2.49. The molecule has 9 heteroatoms. The SMILES string of the molecule is O=c1ssc(N(Cc2cccc(OC(F)(F)F)c2)CC2CC2)c1Cl. The molecular weight excluding hydrogens is 383 g/mol. The summed E-state index contributed by atoms with van der Waals surface area (Å²) in [5, 5.41) is 0.869. The zero-order valence-corrected chi connectivity index (χ0v) is 14.7. The van der Waals surface area contributed by atoms with Crippen LogP contribution in [0.4, 0.5) is 18.2 Å². The molecule has 0 unspecified atom stereocenters. The normalized spacial score (nSPS) is 14.7. The molecule has 1 aromatic heterocycles. The van der Waals surface area contributed by atoms with E-state index >= 15 is 0 Å². The molecule has 2 aromatic rings. The van der Waals surface area contributed by atoms with Gasteiger partial charge in [-0.3, -0.25) is 4.79 Å². The van der Waals surface area contributed by atoms with Crippen LogP contribution in [-0.4, -0.2) is 12.9 Å². The van der Waals surface area contributed by atoms with Crippen LogP contribution >= 0.6 is 32.3 Å². The van der Waals surface area contributed by atoms with Gasteiger partial charge in [0, 0.05) is 13.1 Å². The van der Waals surface area contributed by atoms with Gasteiger partial charge in [-0.05, 0) is 46.8 Å². The number of anilines is 1. The zero-order valence-electron chi connectivity index (χ0n) is 12.3. The van der Waals surface area contributed by atoms with Crippen molar-refractivity contribution in [3.8, 4) is 5.75 Å². The highest BCUT2D eigenvalue weighted by Gasteiger charge is 2.31. The molecule has 0 bridgehead atoms. The Hall–Kier alpha value is -1.25. The third-order valence-electron chi connectivity index (χ3n) is 3.53. The van der Waals surface area contributed by atoms with Gasteiger partial charge < -0.3 is 9.64 Å². The van der Waals surface area contributed by atoms with Gasteiger partial charge in [0.2, 0.25) is 0 Å². The largest absolute Gasteiger partial charge is 0.573 e. The summed E-state index contributed by atoms with van der Waals surface area (Å²) in [5.74, 6) is 0.286. The Morgan fingerprint density at radius 1 is 1.29 bits per heavy atom. The molecular formula is C15H13ClF3NO2S2. The van der Waals surface area contributed by atoms with Crippen molar-refractivity contribution in [3.05, 3.63) is 44.4 Å². The molecule has 3 nitrogen and oxygen atoms in total. The molecule has 0 amide bonds. The van der Waals surface area contributed by atoms with E-state index in [1.165, 1.54) is 28.5 Å². The van der Waals surface area contributed by atoms with Crippen molar-refractivity contribution >= 4 is 37.3 Å². The number of nitrogens with zero attached hydrogens (tertiary/aromatic N) is 1. The first-order valence-corrected chi connectivity index (χ1v) is 9.73. The van der Waals surface area contributed by atoms with Crippen LogP contribution in [0.2, 0.25) is 5.02 Å². The highest BCUT2D eigenvalue weighted by Crippen LogP contribution is 2.37. The summed E-state index contributed by atoms with van der Waals surface area (Å²) in [5.41, 5.74) is 0.666.